The van der Waals surface area contributed by atoms with Gasteiger partial charge in [-0.1, -0.05) is 55.5 Å². The van der Waals surface area contributed by atoms with Gasteiger partial charge in [-0.05, 0) is 41.5 Å². The van der Waals surface area contributed by atoms with Gasteiger partial charge in [0.15, 0.2) is 0 Å². The third kappa shape index (κ3) is 5.49. The molecule has 2 atom stereocenters. The van der Waals surface area contributed by atoms with E-state index >= 15 is 0 Å². The summed E-state index contributed by atoms with van der Waals surface area (Å²) in [6.45, 7) is 2.09. The van der Waals surface area contributed by atoms with E-state index in [1.165, 1.54) is 0 Å². The number of anilines is 1. The van der Waals surface area contributed by atoms with Crippen molar-refractivity contribution in [2.24, 2.45) is 5.92 Å². The van der Waals surface area contributed by atoms with Crippen LogP contribution in [0.15, 0.2) is 66.7 Å². The quantitative estimate of drug-likeness (QED) is 0.484. The number of aliphatic hydroxyl groups is 2. The van der Waals surface area contributed by atoms with Crippen molar-refractivity contribution in [1.29, 1.82) is 0 Å². The molecular formula is C24H27NO5. The van der Waals surface area contributed by atoms with Gasteiger partial charge < -0.3 is 19.7 Å². The topological polar surface area (TPSA) is 88.0 Å². The maximum absolute atomic E-state index is 12.7. The van der Waals surface area contributed by atoms with E-state index in [9.17, 15) is 9.90 Å². The molecule has 0 heterocycles. The maximum Gasteiger partial charge on any atom is 0.412 e. The Morgan fingerprint density at radius 2 is 1.70 bits per heavy atom. The van der Waals surface area contributed by atoms with E-state index in [4.69, 9.17) is 14.6 Å². The Labute approximate surface area is 176 Å². The van der Waals surface area contributed by atoms with Crippen molar-refractivity contribution in [3.63, 3.8) is 0 Å². The summed E-state index contributed by atoms with van der Waals surface area (Å²) in [4.78, 5) is 12.7. The molecule has 3 aromatic rings. The summed E-state index contributed by atoms with van der Waals surface area (Å²) >= 11 is 0. The first-order chi connectivity index (χ1) is 14.6. The molecule has 3 aromatic carbocycles. The largest absolute Gasteiger partial charge is 0.491 e. The summed E-state index contributed by atoms with van der Waals surface area (Å²) in [6, 6.07) is 20.7. The summed E-state index contributed by atoms with van der Waals surface area (Å²) < 4.78 is 11.2. The fourth-order valence-electron chi connectivity index (χ4n) is 3.37. The van der Waals surface area contributed by atoms with Crippen LogP contribution in [0.3, 0.4) is 0 Å². The highest BCUT2D eigenvalue weighted by Crippen LogP contribution is 2.31. The van der Waals surface area contributed by atoms with E-state index in [1.54, 1.807) is 12.1 Å². The van der Waals surface area contributed by atoms with Crippen LogP contribution in [-0.4, -0.2) is 36.1 Å². The van der Waals surface area contributed by atoms with E-state index in [0.717, 1.165) is 16.3 Å². The zero-order chi connectivity index (χ0) is 21.3. The number of aliphatic hydroxyl groups excluding tert-OH is 2. The van der Waals surface area contributed by atoms with Crippen molar-refractivity contribution in [1.82, 2.24) is 0 Å². The van der Waals surface area contributed by atoms with Gasteiger partial charge in [0.25, 0.3) is 0 Å². The van der Waals surface area contributed by atoms with Crippen LogP contribution in [0.25, 0.3) is 10.8 Å². The third-order valence-corrected chi connectivity index (χ3v) is 4.93. The first kappa shape index (κ1) is 21.6. The van der Waals surface area contributed by atoms with Crippen LogP contribution in [0.5, 0.6) is 5.75 Å². The molecule has 0 unspecified atom stereocenters. The molecule has 0 spiro atoms. The molecule has 0 aliphatic rings. The molecule has 30 heavy (non-hydrogen) atoms. The van der Waals surface area contributed by atoms with Gasteiger partial charge in [-0.15, -0.1) is 0 Å². The van der Waals surface area contributed by atoms with Crippen LogP contribution in [0.1, 0.15) is 25.0 Å². The molecule has 0 radical (unpaired) electrons. The Morgan fingerprint density at radius 3 is 2.43 bits per heavy atom. The SMILES string of the molecule is C[C@@H](CCO)[C@H](OC(=O)Nc1cccc2ccccc12)c1ccc(OCCO)cc1. The van der Waals surface area contributed by atoms with Crippen LogP contribution in [0, 0.1) is 5.92 Å². The second-order valence-electron chi connectivity index (χ2n) is 7.11. The highest BCUT2D eigenvalue weighted by molar-refractivity contribution is 6.00. The lowest BCUT2D eigenvalue weighted by Crippen LogP contribution is -2.22. The van der Waals surface area contributed by atoms with Gasteiger partial charge in [0.2, 0.25) is 0 Å². The van der Waals surface area contributed by atoms with Crippen molar-refractivity contribution < 1.29 is 24.5 Å². The minimum atomic E-state index is -0.554. The fraction of sp³-hybridized carbons (Fsp3) is 0.292. The highest BCUT2D eigenvalue weighted by atomic mass is 16.6. The zero-order valence-corrected chi connectivity index (χ0v) is 17.0. The maximum atomic E-state index is 12.7. The number of fused-ring (bicyclic) bond motifs is 1. The zero-order valence-electron chi connectivity index (χ0n) is 17.0. The van der Waals surface area contributed by atoms with Crippen molar-refractivity contribution in [2.45, 2.75) is 19.4 Å². The number of benzene rings is 3. The van der Waals surface area contributed by atoms with Gasteiger partial charge in [0, 0.05) is 12.0 Å². The first-order valence-electron chi connectivity index (χ1n) is 10.0. The van der Waals surface area contributed by atoms with Gasteiger partial charge in [-0.3, -0.25) is 5.32 Å². The standard InChI is InChI=1S/C24H27NO5/c1-17(13-14-26)23(19-9-11-20(12-10-19)29-16-15-27)30-24(28)25-22-8-4-6-18-5-2-3-7-21(18)22/h2-12,17,23,26-27H,13-16H2,1H3,(H,25,28)/t17-,23-/m0/s1. The predicted molar refractivity (Wildman–Crippen MR) is 117 cm³/mol. The summed E-state index contributed by atoms with van der Waals surface area (Å²) in [6.07, 6.45) is -0.588. The van der Waals surface area contributed by atoms with Gasteiger partial charge in [0.05, 0.1) is 12.3 Å². The van der Waals surface area contributed by atoms with Crippen molar-refractivity contribution in [2.75, 3.05) is 25.1 Å². The van der Waals surface area contributed by atoms with Crippen LogP contribution in [0.4, 0.5) is 10.5 Å². The van der Waals surface area contributed by atoms with E-state index in [1.807, 2.05) is 61.5 Å². The Kier molecular flexibility index (Phi) is 7.65. The van der Waals surface area contributed by atoms with Crippen LogP contribution in [-0.2, 0) is 4.74 Å². The smallest absolute Gasteiger partial charge is 0.412 e. The molecule has 3 N–H and O–H groups in total. The van der Waals surface area contributed by atoms with Gasteiger partial charge in [-0.25, -0.2) is 4.79 Å². The Morgan fingerprint density at radius 1 is 0.967 bits per heavy atom. The minimum absolute atomic E-state index is 0.00363. The number of rotatable bonds is 9. The van der Waals surface area contributed by atoms with Crippen molar-refractivity contribution >= 4 is 22.6 Å². The third-order valence-electron chi connectivity index (χ3n) is 4.93. The Balaban J connectivity index is 1.76. The van der Waals surface area contributed by atoms with Gasteiger partial charge in [0.1, 0.15) is 18.5 Å². The number of hydrogen-bond donors (Lipinski definition) is 3. The van der Waals surface area contributed by atoms with Crippen molar-refractivity contribution in [3.8, 4) is 5.75 Å². The average molecular weight is 409 g/mol. The molecule has 158 valence electrons. The monoisotopic (exact) mass is 409 g/mol. The molecule has 0 saturated heterocycles. The molecule has 6 nitrogen and oxygen atoms in total. The average Bonchev–Trinajstić information content (AvgIpc) is 2.77. The Bertz CT molecular complexity index is 952. The fourth-order valence-corrected chi connectivity index (χ4v) is 3.37. The van der Waals surface area contributed by atoms with Crippen LogP contribution < -0.4 is 10.1 Å². The number of ether oxygens (including phenoxy) is 2. The summed E-state index contributed by atoms with van der Waals surface area (Å²) in [5.74, 6) is 0.541. The molecule has 0 fully saturated rings. The lowest BCUT2D eigenvalue weighted by molar-refractivity contribution is 0.0667. The molecule has 0 bridgehead atoms. The number of amides is 1. The normalized spacial score (nSPS) is 12.9. The van der Waals surface area contributed by atoms with E-state index < -0.39 is 12.2 Å². The molecule has 0 aliphatic heterocycles. The predicted octanol–water partition coefficient (Wildman–Crippen LogP) is 4.52. The molecule has 3 rings (SSSR count). The lowest BCUT2D eigenvalue weighted by atomic mass is 9.94. The highest BCUT2D eigenvalue weighted by Gasteiger charge is 2.24. The number of carbonyl (C=O) groups excluding carboxylic acids is 1. The Hall–Kier alpha value is -3.09. The molecule has 0 saturated carbocycles. The lowest BCUT2D eigenvalue weighted by Gasteiger charge is -2.24. The van der Waals surface area contributed by atoms with Crippen molar-refractivity contribution in [3.05, 3.63) is 72.3 Å². The molecule has 0 aromatic heterocycles. The summed E-state index contributed by atoms with van der Waals surface area (Å²) in [5, 5.41) is 23.0. The number of carbonyl (C=O) groups is 1. The van der Waals surface area contributed by atoms with Crippen LogP contribution in [0.2, 0.25) is 0 Å². The van der Waals surface area contributed by atoms with Gasteiger partial charge >= 0.3 is 6.09 Å². The van der Waals surface area contributed by atoms with E-state index in [-0.39, 0.29) is 25.7 Å². The molecule has 0 aliphatic carbocycles. The molecule has 6 heteroatoms. The first-order valence-corrected chi connectivity index (χ1v) is 10.0. The number of hydrogen-bond acceptors (Lipinski definition) is 5. The summed E-state index contributed by atoms with van der Waals surface area (Å²) in [5.41, 5.74) is 1.49. The summed E-state index contributed by atoms with van der Waals surface area (Å²) in [7, 11) is 0. The van der Waals surface area contributed by atoms with E-state index in [0.29, 0.717) is 17.9 Å². The minimum Gasteiger partial charge on any atom is -0.491 e. The van der Waals surface area contributed by atoms with E-state index in [2.05, 4.69) is 5.32 Å². The molecular weight excluding hydrogens is 382 g/mol. The van der Waals surface area contributed by atoms with Crippen LogP contribution >= 0.6 is 0 Å². The second kappa shape index (κ2) is 10.6. The second-order valence-corrected chi connectivity index (χ2v) is 7.11. The van der Waals surface area contributed by atoms with Gasteiger partial charge in [-0.2, -0.15) is 0 Å². The molecule has 1 amide bonds. The number of nitrogens with one attached hydrogen (secondary N) is 1.